The second-order valence-electron chi connectivity index (χ2n) is 6.14. The number of nitrogens with two attached hydrogens (primary N) is 1. The molecule has 6 heteroatoms. The first-order chi connectivity index (χ1) is 11.6. The van der Waals surface area contributed by atoms with E-state index >= 15 is 0 Å². The molecule has 1 aliphatic rings. The minimum absolute atomic E-state index is 0.0390. The molecule has 5 nitrogen and oxygen atoms in total. The maximum Gasteiger partial charge on any atom is 0.253 e. The third-order valence-electron chi connectivity index (χ3n) is 4.33. The first-order valence-electron chi connectivity index (χ1n) is 7.99. The smallest absolute Gasteiger partial charge is 0.253 e. The third-order valence-corrected chi connectivity index (χ3v) is 5.14. The highest BCUT2D eigenvalue weighted by atomic mass is 32.1. The zero-order valence-corrected chi connectivity index (χ0v) is 14.2. The van der Waals surface area contributed by atoms with Gasteiger partial charge in [0.15, 0.2) is 0 Å². The molecule has 122 valence electrons. The van der Waals surface area contributed by atoms with E-state index in [9.17, 15) is 4.79 Å². The van der Waals surface area contributed by atoms with Gasteiger partial charge in [-0.1, -0.05) is 12.1 Å². The van der Waals surface area contributed by atoms with Gasteiger partial charge in [-0.05, 0) is 36.9 Å². The van der Waals surface area contributed by atoms with Crippen LogP contribution in [0.3, 0.4) is 0 Å². The van der Waals surface area contributed by atoms with Crippen molar-refractivity contribution in [2.24, 2.45) is 5.73 Å². The van der Waals surface area contributed by atoms with Crippen LogP contribution in [0.1, 0.15) is 22.6 Å². The molecule has 4 rings (SSSR count). The summed E-state index contributed by atoms with van der Waals surface area (Å²) < 4.78 is 0. The molecule has 1 atom stereocenters. The number of aromatic nitrogens is 2. The number of benzene rings is 1. The lowest BCUT2D eigenvalue weighted by Gasteiger charge is -2.16. The van der Waals surface area contributed by atoms with E-state index in [1.54, 1.807) is 11.3 Å². The third kappa shape index (κ3) is 2.68. The highest BCUT2D eigenvalue weighted by molar-refractivity contribution is 7.16. The van der Waals surface area contributed by atoms with Gasteiger partial charge in [-0.15, -0.1) is 11.3 Å². The fourth-order valence-electron chi connectivity index (χ4n) is 3.14. The highest BCUT2D eigenvalue weighted by Gasteiger charge is 2.24. The number of amides is 1. The van der Waals surface area contributed by atoms with Crippen LogP contribution in [-0.2, 0) is 0 Å². The quantitative estimate of drug-likeness (QED) is 0.780. The van der Waals surface area contributed by atoms with E-state index < -0.39 is 0 Å². The Bertz CT molecular complexity index is 920. The number of hydrogen-bond donors (Lipinski definition) is 1. The van der Waals surface area contributed by atoms with E-state index in [1.165, 1.54) is 0 Å². The summed E-state index contributed by atoms with van der Waals surface area (Å²) in [7, 11) is 0. The van der Waals surface area contributed by atoms with Crippen molar-refractivity contribution < 1.29 is 4.79 Å². The summed E-state index contributed by atoms with van der Waals surface area (Å²) >= 11 is 1.60. The van der Waals surface area contributed by atoms with Crippen LogP contribution >= 0.6 is 11.3 Å². The van der Waals surface area contributed by atoms with E-state index in [1.807, 2.05) is 47.5 Å². The van der Waals surface area contributed by atoms with E-state index in [-0.39, 0.29) is 11.9 Å². The van der Waals surface area contributed by atoms with Crippen molar-refractivity contribution in [3.8, 4) is 11.3 Å². The Morgan fingerprint density at radius 3 is 3.00 bits per heavy atom. The fraction of sp³-hybridized carbons (Fsp3) is 0.278. The Morgan fingerprint density at radius 2 is 2.21 bits per heavy atom. The molecule has 1 saturated heterocycles. The van der Waals surface area contributed by atoms with Crippen LogP contribution in [-0.4, -0.2) is 39.9 Å². The molecule has 0 aliphatic carbocycles. The zero-order chi connectivity index (χ0) is 16.7. The predicted molar refractivity (Wildman–Crippen MR) is 96.1 cm³/mol. The molecule has 24 heavy (non-hydrogen) atoms. The summed E-state index contributed by atoms with van der Waals surface area (Å²) in [5, 5.41) is 3.04. The SMILES string of the molecule is Cc1nc(-c2cccc(C(=O)N3CC[C@H](N)C3)c2)c2ccsc2n1. The number of carbonyl (C=O) groups excluding carboxylic acids is 1. The zero-order valence-electron chi connectivity index (χ0n) is 13.4. The molecule has 2 N–H and O–H groups in total. The molecule has 3 heterocycles. The van der Waals surface area contributed by atoms with E-state index in [0.717, 1.165) is 40.3 Å². The maximum atomic E-state index is 12.7. The molecule has 3 aromatic rings. The van der Waals surface area contributed by atoms with Gasteiger partial charge in [0, 0.05) is 35.6 Å². The monoisotopic (exact) mass is 338 g/mol. The van der Waals surface area contributed by atoms with Crippen molar-refractivity contribution in [2.75, 3.05) is 13.1 Å². The molecule has 1 aliphatic heterocycles. The molecule has 1 fully saturated rings. The van der Waals surface area contributed by atoms with Crippen molar-refractivity contribution >= 4 is 27.5 Å². The lowest BCUT2D eigenvalue weighted by molar-refractivity contribution is 0.0791. The van der Waals surface area contributed by atoms with Crippen LogP contribution in [0.4, 0.5) is 0 Å². The Balaban J connectivity index is 1.74. The van der Waals surface area contributed by atoms with Crippen LogP contribution in [0.2, 0.25) is 0 Å². The Labute approximate surface area is 144 Å². The van der Waals surface area contributed by atoms with Gasteiger partial charge >= 0.3 is 0 Å². The highest BCUT2D eigenvalue weighted by Crippen LogP contribution is 2.30. The average molecular weight is 338 g/mol. The molecule has 0 spiro atoms. The molecule has 0 radical (unpaired) electrons. The van der Waals surface area contributed by atoms with Gasteiger partial charge in [-0.3, -0.25) is 4.79 Å². The summed E-state index contributed by atoms with van der Waals surface area (Å²) in [6.07, 6.45) is 0.867. The van der Waals surface area contributed by atoms with E-state index in [4.69, 9.17) is 5.73 Å². The molecule has 1 aromatic carbocycles. The minimum Gasteiger partial charge on any atom is -0.337 e. The summed E-state index contributed by atoms with van der Waals surface area (Å²) in [6, 6.07) is 9.80. The largest absolute Gasteiger partial charge is 0.337 e. The summed E-state index contributed by atoms with van der Waals surface area (Å²) in [6.45, 7) is 3.25. The van der Waals surface area contributed by atoms with Gasteiger partial charge in [-0.2, -0.15) is 0 Å². The van der Waals surface area contributed by atoms with Crippen molar-refractivity contribution in [2.45, 2.75) is 19.4 Å². The Morgan fingerprint density at radius 1 is 1.33 bits per heavy atom. The first kappa shape index (κ1) is 15.2. The second-order valence-corrected chi connectivity index (χ2v) is 7.03. The lowest BCUT2D eigenvalue weighted by atomic mass is 10.0. The number of carbonyl (C=O) groups is 1. The summed E-state index contributed by atoms with van der Waals surface area (Å²) in [5.74, 6) is 0.777. The second kappa shape index (κ2) is 5.96. The van der Waals surface area contributed by atoms with Crippen LogP contribution in [0.5, 0.6) is 0 Å². The van der Waals surface area contributed by atoms with Crippen molar-refractivity contribution in [1.82, 2.24) is 14.9 Å². The van der Waals surface area contributed by atoms with Gasteiger partial charge in [0.2, 0.25) is 0 Å². The van der Waals surface area contributed by atoms with E-state index in [2.05, 4.69) is 9.97 Å². The van der Waals surface area contributed by atoms with Crippen molar-refractivity contribution in [3.05, 3.63) is 47.1 Å². The Kier molecular flexibility index (Phi) is 3.78. The predicted octanol–water partition coefficient (Wildman–Crippen LogP) is 2.84. The first-order valence-corrected chi connectivity index (χ1v) is 8.87. The van der Waals surface area contributed by atoms with Crippen molar-refractivity contribution in [1.29, 1.82) is 0 Å². The number of nitrogens with zero attached hydrogens (tertiary/aromatic N) is 3. The normalized spacial score (nSPS) is 17.6. The van der Waals surface area contributed by atoms with Crippen molar-refractivity contribution in [3.63, 3.8) is 0 Å². The van der Waals surface area contributed by atoms with Crippen LogP contribution < -0.4 is 5.73 Å². The summed E-state index contributed by atoms with van der Waals surface area (Å²) in [4.78, 5) is 24.6. The fourth-order valence-corrected chi connectivity index (χ4v) is 3.95. The van der Waals surface area contributed by atoms with Gasteiger partial charge in [0.1, 0.15) is 10.7 Å². The van der Waals surface area contributed by atoms with E-state index in [0.29, 0.717) is 12.1 Å². The number of fused-ring (bicyclic) bond motifs is 1. The molecule has 0 bridgehead atoms. The Hall–Kier alpha value is -2.31. The summed E-state index contributed by atoms with van der Waals surface area (Å²) in [5.41, 5.74) is 8.42. The van der Waals surface area contributed by atoms with Crippen LogP contribution in [0.15, 0.2) is 35.7 Å². The van der Waals surface area contributed by atoms with Crippen LogP contribution in [0.25, 0.3) is 21.5 Å². The van der Waals surface area contributed by atoms with Gasteiger partial charge in [0.25, 0.3) is 5.91 Å². The van der Waals surface area contributed by atoms with Gasteiger partial charge in [-0.25, -0.2) is 9.97 Å². The average Bonchev–Trinajstić information content (AvgIpc) is 3.22. The maximum absolute atomic E-state index is 12.7. The van der Waals surface area contributed by atoms with Gasteiger partial charge in [0.05, 0.1) is 5.69 Å². The number of likely N-dealkylation sites (tertiary alicyclic amines) is 1. The molecule has 2 aromatic heterocycles. The lowest BCUT2D eigenvalue weighted by Crippen LogP contribution is -2.31. The molecule has 1 amide bonds. The number of aryl methyl sites for hydroxylation is 1. The van der Waals surface area contributed by atoms with Gasteiger partial charge < -0.3 is 10.6 Å². The van der Waals surface area contributed by atoms with Crippen LogP contribution in [0, 0.1) is 6.92 Å². The molecular formula is C18H18N4OS. The molecule has 0 unspecified atom stereocenters. The number of hydrogen-bond acceptors (Lipinski definition) is 5. The standard InChI is InChI=1S/C18H18N4OS/c1-11-20-16(15-6-8-24-17(15)21-11)12-3-2-4-13(9-12)18(23)22-7-5-14(19)10-22/h2-4,6,8-9,14H,5,7,10,19H2,1H3/t14-/m0/s1. The molecular weight excluding hydrogens is 320 g/mol. The topological polar surface area (TPSA) is 72.1 Å². The number of rotatable bonds is 2. The number of thiophene rings is 1. The minimum atomic E-state index is 0.0390. The molecule has 0 saturated carbocycles.